The Labute approximate surface area is 108 Å². The van der Waals surface area contributed by atoms with E-state index in [0.29, 0.717) is 19.7 Å². The van der Waals surface area contributed by atoms with E-state index in [0.717, 1.165) is 4.90 Å². The van der Waals surface area contributed by atoms with E-state index in [1.807, 2.05) is 6.92 Å². The number of rotatable bonds is 6. The molecule has 0 aliphatic carbocycles. The molecule has 1 heterocycles. The van der Waals surface area contributed by atoms with Crippen molar-refractivity contribution in [2.45, 2.75) is 38.6 Å². The van der Waals surface area contributed by atoms with Crippen molar-refractivity contribution in [1.82, 2.24) is 9.80 Å². The van der Waals surface area contributed by atoms with Gasteiger partial charge in [0.1, 0.15) is 0 Å². The lowest BCUT2D eigenvalue weighted by molar-refractivity contribution is -0.249. The summed E-state index contributed by atoms with van der Waals surface area (Å²) in [5.41, 5.74) is -0.722. The number of hydrogen-bond acceptors (Lipinski definition) is 4. The monoisotopic (exact) mass is 266 g/mol. The van der Waals surface area contributed by atoms with Crippen molar-refractivity contribution < 1.29 is 18.3 Å². The summed E-state index contributed by atoms with van der Waals surface area (Å²) in [6.45, 7) is 6.60. The van der Waals surface area contributed by atoms with Gasteiger partial charge in [-0.15, -0.1) is 0 Å². The van der Waals surface area contributed by atoms with Crippen molar-refractivity contribution in [1.29, 1.82) is 0 Å². The van der Waals surface area contributed by atoms with Crippen LogP contribution in [0.5, 0.6) is 0 Å². The van der Waals surface area contributed by atoms with Gasteiger partial charge in [0.2, 0.25) is 0 Å². The second-order valence-corrected chi connectivity index (χ2v) is 5.17. The molecule has 1 aliphatic rings. The van der Waals surface area contributed by atoms with Crippen molar-refractivity contribution >= 4 is 0 Å². The maximum atomic E-state index is 14.3. The zero-order valence-corrected chi connectivity index (χ0v) is 11.9. The van der Waals surface area contributed by atoms with Crippen molar-refractivity contribution in [3.8, 4) is 0 Å². The highest BCUT2D eigenvalue weighted by Crippen LogP contribution is 2.37. The van der Waals surface area contributed by atoms with Crippen LogP contribution in [0.1, 0.15) is 20.8 Å². The molecule has 0 N–H and O–H groups in total. The Morgan fingerprint density at radius 1 is 1.28 bits per heavy atom. The third-order valence-electron chi connectivity index (χ3n) is 3.91. The van der Waals surface area contributed by atoms with Gasteiger partial charge in [0.25, 0.3) is 0 Å². The van der Waals surface area contributed by atoms with Gasteiger partial charge in [-0.1, -0.05) is 0 Å². The summed E-state index contributed by atoms with van der Waals surface area (Å²) in [5.74, 6) is 0. The molecule has 6 heteroatoms. The van der Waals surface area contributed by atoms with E-state index in [-0.39, 0.29) is 12.6 Å². The maximum absolute atomic E-state index is 14.3. The Morgan fingerprint density at radius 2 is 1.89 bits per heavy atom. The van der Waals surface area contributed by atoms with E-state index in [2.05, 4.69) is 0 Å². The van der Waals surface area contributed by atoms with Crippen LogP contribution in [0.3, 0.4) is 0 Å². The second-order valence-electron chi connectivity index (χ2n) is 5.17. The van der Waals surface area contributed by atoms with Crippen LogP contribution in [0.15, 0.2) is 0 Å². The Hall–Kier alpha value is -0.300. The van der Waals surface area contributed by atoms with Crippen molar-refractivity contribution in [3.63, 3.8) is 0 Å². The molecule has 108 valence electrons. The van der Waals surface area contributed by atoms with Crippen LogP contribution in [0.4, 0.5) is 8.78 Å². The predicted octanol–water partition coefficient (Wildman–Crippen LogP) is 1.61. The van der Waals surface area contributed by atoms with E-state index >= 15 is 0 Å². The molecule has 1 saturated heterocycles. The van der Waals surface area contributed by atoms with Gasteiger partial charge in [-0.3, -0.25) is 0 Å². The van der Waals surface area contributed by atoms with Gasteiger partial charge >= 0.3 is 6.17 Å². The van der Waals surface area contributed by atoms with Crippen molar-refractivity contribution in [3.05, 3.63) is 0 Å². The van der Waals surface area contributed by atoms with E-state index in [1.54, 1.807) is 21.0 Å². The smallest absolute Gasteiger partial charge is 0.370 e. The summed E-state index contributed by atoms with van der Waals surface area (Å²) >= 11 is 0. The maximum Gasteiger partial charge on any atom is 0.370 e. The molecule has 1 rings (SSSR count). The number of halogens is 2. The Bertz CT molecular complexity index is 275. The fourth-order valence-electron chi connectivity index (χ4n) is 2.25. The summed E-state index contributed by atoms with van der Waals surface area (Å²) in [6.07, 6.45) is -3.22. The molecule has 0 amide bonds. The second kappa shape index (κ2) is 5.77. The lowest BCUT2D eigenvalue weighted by Gasteiger charge is -2.43. The van der Waals surface area contributed by atoms with E-state index in [4.69, 9.17) is 9.47 Å². The van der Waals surface area contributed by atoms with Gasteiger partial charge < -0.3 is 9.47 Å². The summed E-state index contributed by atoms with van der Waals surface area (Å²) in [4.78, 5) is 2.37. The van der Waals surface area contributed by atoms with Gasteiger partial charge in [-0.25, -0.2) is 9.80 Å². The summed E-state index contributed by atoms with van der Waals surface area (Å²) in [7, 11) is 3.06. The van der Waals surface area contributed by atoms with Gasteiger partial charge in [-0.05, 0) is 20.8 Å². The van der Waals surface area contributed by atoms with E-state index < -0.39 is 11.7 Å². The third kappa shape index (κ3) is 2.82. The van der Waals surface area contributed by atoms with E-state index in [9.17, 15) is 8.78 Å². The Morgan fingerprint density at radius 3 is 2.39 bits per heavy atom. The average Bonchev–Trinajstić information content (AvgIpc) is 2.60. The molecule has 1 atom stereocenters. The first-order chi connectivity index (χ1) is 8.28. The molecule has 4 nitrogen and oxygen atoms in total. The molecule has 1 aliphatic heterocycles. The fraction of sp³-hybridized carbons (Fsp3) is 1.00. The first kappa shape index (κ1) is 15.8. The zero-order chi connectivity index (χ0) is 14.0. The highest BCUT2D eigenvalue weighted by molar-refractivity contribution is 4.95. The van der Waals surface area contributed by atoms with Gasteiger partial charge in [-0.2, -0.15) is 8.78 Å². The first-order valence-electron chi connectivity index (χ1n) is 6.20. The molecule has 0 radical (unpaired) electrons. The van der Waals surface area contributed by atoms with Crippen LogP contribution >= 0.6 is 0 Å². The molecule has 1 unspecified atom stereocenters. The summed E-state index contributed by atoms with van der Waals surface area (Å²) in [5, 5.41) is 0. The molecule has 0 bridgehead atoms. The van der Waals surface area contributed by atoms with E-state index in [1.165, 1.54) is 12.0 Å². The van der Waals surface area contributed by atoms with Crippen LogP contribution in [0.2, 0.25) is 0 Å². The molecule has 0 saturated carbocycles. The quantitative estimate of drug-likeness (QED) is 0.682. The number of nitrogens with zero attached hydrogens (tertiary/aromatic N) is 2. The number of hydrogen-bond donors (Lipinski definition) is 0. The molecule has 0 aromatic rings. The fourth-order valence-corrected chi connectivity index (χ4v) is 2.25. The van der Waals surface area contributed by atoms with Crippen molar-refractivity contribution in [2.24, 2.45) is 0 Å². The summed E-state index contributed by atoms with van der Waals surface area (Å²) in [6, 6.07) is 0. The molecular formula is C12H24F2N2O2. The third-order valence-corrected chi connectivity index (χ3v) is 3.91. The minimum atomic E-state index is -2.95. The van der Waals surface area contributed by atoms with Crippen LogP contribution in [0, 0.1) is 0 Å². The van der Waals surface area contributed by atoms with Crippen LogP contribution in [0.25, 0.3) is 0 Å². The molecule has 0 aromatic heterocycles. The minimum Gasteiger partial charge on any atom is -0.383 e. The lowest BCUT2D eigenvalue weighted by atomic mass is 9.96. The number of alkyl halides is 2. The molecular weight excluding hydrogens is 242 g/mol. The standard InChI is InChI=1S/C12H24F2N2O2/c1-10(18-5)11(2,3)16-7-6-15(8-9-17-4)12(16,13)14/h10H,6-9H2,1-5H3. The van der Waals surface area contributed by atoms with Gasteiger partial charge in [0.05, 0.1) is 12.7 Å². The number of ether oxygens (including phenoxy) is 2. The van der Waals surface area contributed by atoms with Gasteiger partial charge in [0.15, 0.2) is 0 Å². The normalized spacial score (nSPS) is 23.5. The predicted molar refractivity (Wildman–Crippen MR) is 65.7 cm³/mol. The largest absolute Gasteiger partial charge is 0.383 e. The molecule has 0 aromatic carbocycles. The topological polar surface area (TPSA) is 24.9 Å². The average molecular weight is 266 g/mol. The van der Waals surface area contributed by atoms with Crippen LogP contribution in [-0.4, -0.2) is 68.1 Å². The molecule has 1 fully saturated rings. The summed E-state index contributed by atoms with van der Waals surface area (Å²) < 4.78 is 38.7. The van der Waals surface area contributed by atoms with Crippen LogP contribution in [-0.2, 0) is 9.47 Å². The Kier molecular flexibility index (Phi) is 5.05. The first-order valence-corrected chi connectivity index (χ1v) is 6.20. The lowest BCUT2D eigenvalue weighted by Crippen LogP contribution is -2.59. The number of methoxy groups -OCH3 is 2. The highest BCUT2D eigenvalue weighted by Gasteiger charge is 2.55. The molecule has 0 spiro atoms. The molecule has 18 heavy (non-hydrogen) atoms. The van der Waals surface area contributed by atoms with Crippen molar-refractivity contribution in [2.75, 3.05) is 40.5 Å². The highest BCUT2D eigenvalue weighted by atomic mass is 19.3. The minimum absolute atomic E-state index is 0.234. The Balaban J connectivity index is 2.80. The van der Waals surface area contributed by atoms with Gasteiger partial charge in [0, 0.05) is 39.4 Å². The zero-order valence-electron chi connectivity index (χ0n) is 11.9. The SMILES string of the molecule is COCCN1CCN(C(C)(C)C(C)OC)C1(F)F. The van der Waals surface area contributed by atoms with Crippen LogP contribution < -0.4 is 0 Å².